The molecule has 0 aliphatic heterocycles. The van der Waals surface area contributed by atoms with E-state index < -0.39 is 0 Å². The highest BCUT2D eigenvalue weighted by Crippen LogP contribution is 2.47. The summed E-state index contributed by atoms with van der Waals surface area (Å²) in [7, 11) is 0. The molecule has 0 saturated heterocycles. The molecule has 0 unspecified atom stereocenters. The molecular formula is C48H28S2. The zero-order chi connectivity index (χ0) is 32.8. The summed E-state index contributed by atoms with van der Waals surface area (Å²) in [6.07, 6.45) is 0. The van der Waals surface area contributed by atoms with Crippen molar-refractivity contribution in [2.45, 2.75) is 0 Å². The van der Waals surface area contributed by atoms with E-state index in [2.05, 4.69) is 170 Å². The van der Waals surface area contributed by atoms with E-state index >= 15 is 0 Å². The van der Waals surface area contributed by atoms with Gasteiger partial charge in [-0.15, -0.1) is 22.7 Å². The molecule has 2 heteroatoms. The molecule has 0 fully saturated rings. The fourth-order valence-corrected chi connectivity index (χ4v) is 10.3. The van der Waals surface area contributed by atoms with Crippen LogP contribution in [0.5, 0.6) is 0 Å². The third-order valence-corrected chi connectivity index (χ3v) is 12.7. The zero-order valence-corrected chi connectivity index (χ0v) is 28.6. The molecule has 0 spiro atoms. The lowest BCUT2D eigenvalue weighted by Gasteiger charge is -2.18. The third kappa shape index (κ3) is 4.23. The second-order valence-corrected chi connectivity index (χ2v) is 15.4. The number of hydrogen-bond acceptors (Lipinski definition) is 2. The summed E-state index contributed by atoms with van der Waals surface area (Å²) in [4.78, 5) is 0. The van der Waals surface area contributed by atoms with Gasteiger partial charge in [0.2, 0.25) is 0 Å². The first kappa shape index (κ1) is 28.1. The molecule has 0 aliphatic carbocycles. The van der Waals surface area contributed by atoms with E-state index in [0.717, 1.165) is 0 Å². The monoisotopic (exact) mass is 668 g/mol. The smallest absolute Gasteiger partial charge is 0.0362 e. The van der Waals surface area contributed by atoms with Crippen LogP contribution in [0.3, 0.4) is 0 Å². The van der Waals surface area contributed by atoms with Gasteiger partial charge in [0.25, 0.3) is 0 Å². The number of hydrogen-bond donors (Lipinski definition) is 0. The molecule has 9 aromatic carbocycles. The molecule has 11 rings (SSSR count). The third-order valence-electron chi connectivity index (χ3n) is 10.4. The lowest BCUT2D eigenvalue weighted by Crippen LogP contribution is -1.91. The van der Waals surface area contributed by atoms with Crippen molar-refractivity contribution >= 4 is 95.3 Å². The lowest BCUT2D eigenvalue weighted by molar-refractivity contribution is 1.64. The van der Waals surface area contributed by atoms with Gasteiger partial charge in [-0.05, 0) is 108 Å². The highest BCUT2D eigenvalue weighted by atomic mass is 32.1. The molecule has 2 heterocycles. The van der Waals surface area contributed by atoms with Gasteiger partial charge in [-0.25, -0.2) is 0 Å². The van der Waals surface area contributed by atoms with Gasteiger partial charge in [0.05, 0.1) is 0 Å². The van der Waals surface area contributed by atoms with Gasteiger partial charge in [-0.3, -0.25) is 0 Å². The van der Waals surface area contributed by atoms with Gasteiger partial charge in [0.1, 0.15) is 0 Å². The Morgan fingerprint density at radius 3 is 1.32 bits per heavy atom. The Kier molecular flexibility index (Phi) is 6.09. The van der Waals surface area contributed by atoms with Crippen molar-refractivity contribution in [2.24, 2.45) is 0 Å². The van der Waals surface area contributed by atoms with E-state index in [1.807, 2.05) is 22.7 Å². The maximum atomic E-state index is 2.45. The minimum absolute atomic E-state index is 1.24. The molecule has 0 radical (unpaired) electrons. The van der Waals surface area contributed by atoms with Gasteiger partial charge >= 0.3 is 0 Å². The van der Waals surface area contributed by atoms with Gasteiger partial charge in [-0.2, -0.15) is 0 Å². The van der Waals surface area contributed by atoms with E-state index in [9.17, 15) is 0 Å². The van der Waals surface area contributed by atoms with Gasteiger partial charge in [0.15, 0.2) is 0 Å². The van der Waals surface area contributed by atoms with Crippen molar-refractivity contribution in [1.82, 2.24) is 0 Å². The number of benzene rings is 9. The van der Waals surface area contributed by atoms with E-state index in [0.29, 0.717) is 0 Å². The standard InChI is InChI=1S/C48H28S2/c1-2-10-29(11-3-1)30-18-19-32-25-33(21-20-31(32)24-30)47-36-13-4-6-15-38(36)48(39-16-7-5-14-37(39)47)34-22-23-44-40(26-34)42-28-45-41(27-46(42)50-44)35-12-8-9-17-43(35)49-45/h1-28H. The molecule has 0 amide bonds. The van der Waals surface area contributed by atoms with Crippen LogP contribution in [0.25, 0.3) is 106 Å². The molecule has 0 bridgehead atoms. The number of rotatable bonds is 3. The maximum absolute atomic E-state index is 2.45. The Hall–Kier alpha value is -5.80. The predicted molar refractivity (Wildman–Crippen MR) is 221 cm³/mol. The molecule has 0 N–H and O–H groups in total. The molecule has 2 aromatic heterocycles. The molecule has 232 valence electrons. The summed E-state index contributed by atoms with van der Waals surface area (Å²) in [6.45, 7) is 0. The van der Waals surface area contributed by atoms with Crippen molar-refractivity contribution in [3.05, 3.63) is 170 Å². The average Bonchev–Trinajstić information content (AvgIpc) is 3.72. The fourth-order valence-electron chi connectivity index (χ4n) is 8.11. The number of thiophene rings is 2. The Labute approximate surface area is 297 Å². The molecule has 0 saturated carbocycles. The van der Waals surface area contributed by atoms with E-state index in [-0.39, 0.29) is 0 Å². The van der Waals surface area contributed by atoms with Crippen molar-refractivity contribution in [2.75, 3.05) is 0 Å². The van der Waals surface area contributed by atoms with Crippen LogP contribution in [0, 0.1) is 0 Å². The van der Waals surface area contributed by atoms with Crippen LogP contribution in [0.1, 0.15) is 0 Å². The first-order valence-electron chi connectivity index (χ1n) is 17.1. The normalized spacial score (nSPS) is 12.0. The fraction of sp³-hybridized carbons (Fsp3) is 0. The van der Waals surface area contributed by atoms with Crippen LogP contribution < -0.4 is 0 Å². The highest BCUT2D eigenvalue weighted by molar-refractivity contribution is 7.27. The van der Waals surface area contributed by atoms with Crippen LogP contribution in [0.4, 0.5) is 0 Å². The minimum atomic E-state index is 1.24. The summed E-state index contributed by atoms with van der Waals surface area (Å²) in [5.41, 5.74) is 7.60. The first-order valence-corrected chi connectivity index (χ1v) is 18.7. The topological polar surface area (TPSA) is 0 Å². The van der Waals surface area contributed by atoms with Gasteiger partial charge < -0.3 is 0 Å². The maximum Gasteiger partial charge on any atom is 0.0362 e. The molecule has 11 aromatic rings. The quantitative estimate of drug-likeness (QED) is 0.164. The molecular weight excluding hydrogens is 641 g/mol. The average molecular weight is 669 g/mol. The van der Waals surface area contributed by atoms with Crippen LogP contribution in [-0.4, -0.2) is 0 Å². The van der Waals surface area contributed by atoms with E-state index in [1.165, 1.54) is 106 Å². The Balaban J connectivity index is 1.12. The molecule has 0 nitrogen and oxygen atoms in total. The second kappa shape index (κ2) is 10.9. The van der Waals surface area contributed by atoms with Crippen molar-refractivity contribution in [1.29, 1.82) is 0 Å². The summed E-state index contributed by atoms with van der Waals surface area (Å²) >= 11 is 3.80. The molecule has 0 atom stereocenters. The minimum Gasteiger partial charge on any atom is -0.135 e. The number of fused-ring (bicyclic) bond motifs is 9. The zero-order valence-electron chi connectivity index (χ0n) is 27.0. The van der Waals surface area contributed by atoms with Gasteiger partial charge in [0, 0.05) is 40.3 Å². The first-order chi connectivity index (χ1) is 24.8. The summed E-state index contributed by atoms with van der Waals surface area (Å²) in [5.74, 6) is 0. The summed E-state index contributed by atoms with van der Waals surface area (Å²) < 4.78 is 5.40. The summed E-state index contributed by atoms with van der Waals surface area (Å²) in [5, 5.41) is 13.0. The predicted octanol–water partition coefficient (Wildman–Crippen LogP) is 14.9. The van der Waals surface area contributed by atoms with Crippen LogP contribution >= 0.6 is 22.7 Å². The highest BCUT2D eigenvalue weighted by Gasteiger charge is 2.18. The van der Waals surface area contributed by atoms with E-state index in [4.69, 9.17) is 0 Å². The van der Waals surface area contributed by atoms with E-state index in [1.54, 1.807) is 0 Å². The van der Waals surface area contributed by atoms with Crippen molar-refractivity contribution < 1.29 is 0 Å². The largest absolute Gasteiger partial charge is 0.135 e. The summed E-state index contributed by atoms with van der Waals surface area (Å²) in [6, 6.07) is 63.2. The SMILES string of the molecule is c1ccc(-c2ccc3cc(-c4c5ccccc5c(-c5ccc6sc7cc8c(cc7c6c5)sc5ccccc58)c5ccccc45)ccc3c2)cc1. The Morgan fingerprint density at radius 1 is 0.240 bits per heavy atom. The Bertz CT molecular complexity index is 3080. The Morgan fingerprint density at radius 2 is 0.680 bits per heavy atom. The lowest BCUT2D eigenvalue weighted by atomic mass is 9.85. The van der Waals surface area contributed by atoms with Crippen molar-refractivity contribution in [3.8, 4) is 33.4 Å². The molecule has 0 aliphatic rings. The molecule has 50 heavy (non-hydrogen) atoms. The van der Waals surface area contributed by atoms with Crippen LogP contribution in [0.15, 0.2) is 170 Å². The van der Waals surface area contributed by atoms with Crippen LogP contribution in [0.2, 0.25) is 0 Å². The van der Waals surface area contributed by atoms with Crippen LogP contribution in [-0.2, 0) is 0 Å². The second-order valence-electron chi connectivity index (χ2n) is 13.2. The van der Waals surface area contributed by atoms with Crippen molar-refractivity contribution in [3.63, 3.8) is 0 Å². The van der Waals surface area contributed by atoms with Gasteiger partial charge in [-0.1, -0.05) is 127 Å².